The molecule has 4 aromatic carbocycles. The molecule has 0 bridgehead atoms. The second kappa shape index (κ2) is 13.9. The van der Waals surface area contributed by atoms with Gasteiger partial charge in [0.2, 0.25) is 0 Å². The number of hydrogen-bond donors (Lipinski definition) is 0. The van der Waals surface area contributed by atoms with E-state index >= 15 is 0 Å². The van der Waals surface area contributed by atoms with Gasteiger partial charge in [-0.05, 0) is 67.0 Å². The molecule has 0 atom stereocenters. The Kier molecular flexibility index (Phi) is 9.56. The smallest absolute Gasteiger partial charge is 0.254 e. The van der Waals surface area contributed by atoms with E-state index in [9.17, 15) is 4.79 Å². The molecular formula is C37H39N3O. The molecule has 0 radical (unpaired) electrons. The van der Waals surface area contributed by atoms with E-state index in [2.05, 4.69) is 61.2 Å². The highest BCUT2D eigenvalue weighted by Gasteiger charge is 2.19. The van der Waals surface area contributed by atoms with E-state index in [1.165, 1.54) is 10.8 Å². The molecule has 41 heavy (non-hydrogen) atoms. The number of amides is 1. The molecule has 1 heterocycles. The Morgan fingerprint density at radius 1 is 0.634 bits per heavy atom. The van der Waals surface area contributed by atoms with Crippen molar-refractivity contribution in [2.75, 3.05) is 26.2 Å². The van der Waals surface area contributed by atoms with Crippen molar-refractivity contribution in [3.63, 3.8) is 0 Å². The van der Waals surface area contributed by atoms with Crippen LogP contribution in [0.2, 0.25) is 0 Å². The first kappa shape index (κ1) is 28.3. The van der Waals surface area contributed by atoms with Crippen LogP contribution in [0, 0.1) is 0 Å². The first-order valence-corrected chi connectivity index (χ1v) is 14.8. The van der Waals surface area contributed by atoms with Gasteiger partial charge in [0.15, 0.2) is 0 Å². The molecule has 0 aliphatic heterocycles. The van der Waals surface area contributed by atoms with Crippen LogP contribution in [0.15, 0.2) is 115 Å². The summed E-state index contributed by atoms with van der Waals surface area (Å²) in [6.45, 7) is 8.84. The van der Waals surface area contributed by atoms with Gasteiger partial charge in [0.1, 0.15) is 0 Å². The average Bonchev–Trinajstić information content (AvgIpc) is 3.04. The van der Waals surface area contributed by atoms with E-state index in [0.717, 1.165) is 60.6 Å². The highest BCUT2D eigenvalue weighted by atomic mass is 16.2. The first-order valence-electron chi connectivity index (χ1n) is 14.8. The molecule has 0 unspecified atom stereocenters. The summed E-state index contributed by atoms with van der Waals surface area (Å²) in [6.07, 6.45) is 2.02. The Bertz CT molecular complexity index is 1500. The van der Waals surface area contributed by atoms with Gasteiger partial charge < -0.3 is 9.80 Å². The lowest BCUT2D eigenvalue weighted by Crippen LogP contribution is -2.32. The van der Waals surface area contributed by atoms with Crippen LogP contribution in [0.5, 0.6) is 0 Å². The number of rotatable bonds is 12. The van der Waals surface area contributed by atoms with E-state index in [1.807, 2.05) is 77.7 Å². The third kappa shape index (κ3) is 7.27. The van der Waals surface area contributed by atoms with E-state index in [4.69, 9.17) is 4.98 Å². The van der Waals surface area contributed by atoms with E-state index < -0.39 is 0 Å². The Balaban J connectivity index is 1.47. The fraction of sp³-hybridized carbons (Fsp3) is 0.243. The number of benzene rings is 4. The minimum Gasteiger partial charge on any atom is -0.334 e. The van der Waals surface area contributed by atoms with Crippen molar-refractivity contribution in [3.05, 3.63) is 126 Å². The normalized spacial score (nSPS) is 11.2. The molecule has 5 rings (SSSR count). The van der Waals surface area contributed by atoms with Crippen LogP contribution in [0.3, 0.4) is 0 Å². The fourth-order valence-electron chi connectivity index (χ4n) is 5.34. The zero-order valence-electron chi connectivity index (χ0n) is 24.2. The lowest BCUT2D eigenvalue weighted by atomic mass is 10.0. The van der Waals surface area contributed by atoms with Gasteiger partial charge in [0.05, 0.1) is 11.4 Å². The minimum absolute atomic E-state index is 0.0396. The molecule has 4 heteroatoms. The Hall–Kier alpha value is -4.28. The number of aromatic nitrogens is 1. The number of unbranched alkanes of at least 4 members (excludes halogenated alkanes) is 1. The molecule has 0 aliphatic carbocycles. The molecule has 0 saturated heterocycles. The van der Waals surface area contributed by atoms with Crippen molar-refractivity contribution in [1.82, 2.24) is 14.8 Å². The van der Waals surface area contributed by atoms with E-state index in [0.29, 0.717) is 18.7 Å². The lowest BCUT2D eigenvalue weighted by Gasteiger charge is -2.25. The van der Waals surface area contributed by atoms with Gasteiger partial charge >= 0.3 is 0 Å². The molecule has 0 N–H and O–H groups in total. The van der Waals surface area contributed by atoms with Crippen LogP contribution in [-0.4, -0.2) is 46.9 Å². The highest BCUT2D eigenvalue weighted by molar-refractivity contribution is 5.96. The second-order valence-electron chi connectivity index (χ2n) is 10.5. The van der Waals surface area contributed by atoms with Gasteiger partial charge in [0, 0.05) is 29.8 Å². The largest absolute Gasteiger partial charge is 0.334 e. The molecule has 1 amide bonds. The highest BCUT2D eigenvalue weighted by Crippen LogP contribution is 2.26. The first-order chi connectivity index (χ1) is 20.1. The topological polar surface area (TPSA) is 36.4 Å². The van der Waals surface area contributed by atoms with Crippen LogP contribution < -0.4 is 0 Å². The van der Waals surface area contributed by atoms with Crippen molar-refractivity contribution in [2.45, 2.75) is 33.2 Å². The van der Waals surface area contributed by atoms with Crippen LogP contribution in [0.4, 0.5) is 0 Å². The van der Waals surface area contributed by atoms with Crippen molar-refractivity contribution >= 4 is 16.7 Å². The molecule has 208 valence electrons. The molecule has 4 nitrogen and oxygen atoms in total. The molecule has 0 spiro atoms. The number of fused-ring (bicyclic) bond motifs is 1. The Labute approximate surface area is 244 Å². The van der Waals surface area contributed by atoms with Crippen molar-refractivity contribution in [3.8, 4) is 22.5 Å². The predicted octanol–water partition coefficient (Wildman–Crippen LogP) is 8.33. The van der Waals surface area contributed by atoms with Crippen LogP contribution in [0.25, 0.3) is 33.3 Å². The van der Waals surface area contributed by atoms with Crippen molar-refractivity contribution < 1.29 is 4.79 Å². The van der Waals surface area contributed by atoms with E-state index in [-0.39, 0.29) is 5.91 Å². The molecule has 1 aromatic heterocycles. The Morgan fingerprint density at radius 2 is 1.20 bits per heavy atom. The van der Waals surface area contributed by atoms with Gasteiger partial charge in [-0.2, -0.15) is 0 Å². The number of carbonyl (C=O) groups excluding carboxylic acids is 1. The van der Waals surface area contributed by atoms with Gasteiger partial charge in [-0.25, -0.2) is 4.98 Å². The van der Waals surface area contributed by atoms with Crippen molar-refractivity contribution in [1.29, 1.82) is 0 Å². The zero-order chi connectivity index (χ0) is 28.4. The Morgan fingerprint density at radius 3 is 1.80 bits per heavy atom. The summed E-state index contributed by atoms with van der Waals surface area (Å²) in [7, 11) is 0. The lowest BCUT2D eigenvalue weighted by molar-refractivity contribution is 0.0738. The third-order valence-electron chi connectivity index (χ3n) is 7.73. The predicted molar refractivity (Wildman–Crippen MR) is 171 cm³/mol. The maximum Gasteiger partial charge on any atom is 0.254 e. The number of nitrogens with zero attached hydrogens (tertiary/aromatic N) is 3. The summed E-state index contributed by atoms with van der Waals surface area (Å²) >= 11 is 0. The quantitative estimate of drug-likeness (QED) is 0.149. The summed E-state index contributed by atoms with van der Waals surface area (Å²) in [4.78, 5) is 23.7. The van der Waals surface area contributed by atoms with E-state index in [1.54, 1.807) is 0 Å². The fourth-order valence-corrected chi connectivity index (χ4v) is 5.34. The molecule has 0 saturated carbocycles. The molecule has 0 fully saturated rings. The number of pyridine rings is 1. The van der Waals surface area contributed by atoms with Gasteiger partial charge in [0.25, 0.3) is 5.91 Å². The number of carbonyl (C=O) groups is 1. The van der Waals surface area contributed by atoms with Crippen LogP contribution >= 0.6 is 0 Å². The summed E-state index contributed by atoms with van der Waals surface area (Å²) in [5.41, 5.74) is 5.42. The monoisotopic (exact) mass is 541 g/mol. The molecule has 0 aliphatic rings. The summed E-state index contributed by atoms with van der Waals surface area (Å²) in [5, 5.41) is 2.41. The van der Waals surface area contributed by atoms with Crippen molar-refractivity contribution in [2.24, 2.45) is 0 Å². The zero-order valence-corrected chi connectivity index (χ0v) is 24.2. The molecule has 5 aromatic rings. The van der Waals surface area contributed by atoms with Crippen LogP contribution in [0.1, 0.15) is 42.6 Å². The van der Waals surface area contributed by atoms with Gasteiger partial charge in [-0.3, -0.25) is 4.79 Å². The third-order valence-corrected chi connectivity index (χ3v) is 7.73. The summed E-state index contributed by atoms with van der Waals surface area (Å²) in [6, 6.07) is 39.0. The van der Waals surface area contributed by atoms with Crippen LogP contribution in [-0.2, 0) is 6.54 Å². The number of hydrogen-bond acceptors (Lipinski definition) is 3. The second-order valence-corrected chi connectivity index (χ2v) is 10.5. The maximum absolute atomic E-state index is 14.3. The van der Waals surface area contributed by atoms with Gasteiger partial charge in [-0.1, -0.05) is 111 Å². The summed E-state index contributed by atoms with van der Waals surface area (Å²) in [5.74, 6) is 0.0396. The molecular weight excluding hydrogens is 502 g/mol. The standard InChI is InChI=1S/C37H39N3O/c1-3-39(4-2)23-13-14-24-40(28-29-21-22-30-15-11-12-20-33(30)25-29)37(41)34-26-35(31-16-7-5-8-17-31)38-36(27-34)32-18-9-6-10-19-32/h5-12,15-22,25-27H,3-4,13-14,23-24,28H2,1-2H3. The minimum atomic E-state index is 0.0396. The average molecular weight is 542 g/mol. The SMILES string of the molecule is CCN(CC)CCCCN(Cc1ccc2ccccc2c1)C(=O)c1cc(-c2ccccc2)nc(-c2ccccc2)c1. The maximum atomic E-state index is 14.3. The van der Waals surface area contributed by atoms with Gasteiger partial charge in [-0.15, -0.1) is 0 Å². The summed E-state index contributed by atoms with van der Waals surface area (Å²) < 4.78 is 0.